The summed E-state index contributed by atoms with van der Waals surface area (Å²) in [5, 5.41) is 11.7. The molecule has 2 amide bonds. The summed E-state index contributed by atoms with van der Waals surface area (Å²) in [6, 6.07) is 0.193. The van der Waals surface area contributed by atoms with Crippen molar-refractivity contribution in [3.63, 3.8) is 0 Å². The first kappa shape index (κ1) is 16.8. The van der Waals surface area contributed by atoms with E-state index in [0.717, 1.165) is 6.42 Å². The average molecular weight is 284 g/mol. The molecule has 2 unspecified atom stereocenters. The molecule has 0 aliphatic heterocycles. The quantitative estimate of drug-likeness (QED) is 0.815. The number of rotatable bonds is 5. The van der Waals surface area contributed by atoms with Crippen LogP contribution < -0.4 is 5.32 Å². The maximum atomic E-state index is 12.3. The van der Waals surface area contributed by atoms with Crippen molar-refractivity contribution in [2.45, 2.75) is 70.9 Å². The highest BCUT2D eigenvalue weighted by Gasteiger charge is 2.30. The number of aliphatic carboxylic acids is 1. The number of hydrogen-bond donors (Lipinski definition) is 2. The Labute approximate surface area is 121 Å². The van der Waals surface area contributed by atoms with Crippen LogP contribution in [0.4, 0.5) is 4.79 Å². The van der Waals surface area contributed by atoms with Gasteiger partial charge in [-0.1, -0.05) is 19.8 Å². The molecular weight excluding hydrogens is 256 g/mol. The highest BCUT2D eigenvalue weighted by atomic mass is 16.4. The van der Waals surface area contributed by atoms with Crippen molar-refractivity contribution in [1.29, 1.82) is 0 Å². The van der Waals surface area contributed by atoms with Gasteiger partial charge in [-0.25, -0.2) is 4.79 Å². The topological polar surface area (TPSA) is 69.6 Å². The van der Waals surface area contributed by atoms with Gasteiger partial charge in [0.15, 0.2) is 0 Å². The summed E-state index contributed by atoms with van der Waals surface area (Å²) < 4.78 is 0. The Balaban J connectivity index is 2.53. The van der Waals surface area contributed by atoms with Crippen LogP contribution in [-0.4, -0.2) is 40.6 Å². The van der Waals surface area contributed by atoms with E-state index in [1.165, 1.54) is 19.3 Å². The minimum Gasteiger partial charge on any atom is -0.481 e. The summed E-state index contributed by atoms with van der Waals surface area (Å²) in [5.74, 6) is -0.303. The number of amides is 2. The lowest BCUT2D eigenvalue weighted by atomic mass is 9.85. The minimum atomic E-state index is -0.832. The van der Waals surface area contributed by atoms with Gasteiger partial charge in [-0.05, 0) is 39.0 Å². The normalized spacial score (nSPS) is 23.2. The third-order valence-corrected chi connectivity index (χ3v) is 4.29. The van der Waals surface area contributed by atoms with Crippen LogP contribution in [0.1, 0.15) is 59.3 Å². The van der Waals surface area contributed by atoms with Gasteiger partial charge in [0.2, 0.25) is 0 Å². The number of carboxylic acid groups (broad SMARTS) is 1. The molecule has 2 atom stereocenters. The largest absolute Gasteiger partial charge is 0.481 e. The zero-order valence-electron chi connectivity index (χ0n) is 13.1. The van der Waals surface area contributed by atoms with Crippen molar-refractivity contribution in [3.05, 3.63) is 0 Å². The molecule has 1 saturated carbocycles. The summed E-state index contributed by atoms with van der Waals surface area (Å²) in [7, 11) is 1.84. The Morgan fingerprint density at radius 3 is 2.45 bits per heavy atom. The number of nitrogens with zero attached hydrogens (tertiary/aromatic N) is 1. The van der Waals surface area contributed by atoms with Gasteiger partial charge in [0.1, 0.15) is 0 Å². The van der Waals surface area contributed by atoms with E-state index in [9.17, 15) is 9.59 Å². The first-order valence-corrected chi connectivity index (χ1v) is 7.50. The molecular formula is C15H28N2O3. The number of hydrogen-bond acceptors (Lipinski definition) is 2. The Morgan fingerprint density at radius 2 is 1.90 bits per heavy atom. The summed E-state index contributed by atoms with van der Waals surface area (Å²) >= 11 is 0. The lowest BCUT2D eigenvalue weighted by molar-refractivity contribution is -0.137. The van der Waals surface area contributed by atoms with E-state index in [1.54, 1.807) is 4.90 Å². The molecule has 0 saturated heterocycles. The number of carbonyl (C=O) groups is 2. The van der Waals surface area contributed by atoms with Gasteiger partial charge in [0.25, 0.3) is 0 Å². The molecule has 0 bridgehead atoms. The van der Waals surface area contributed by atoms with Gasteiger partial charge in [0, 0.05) is 25.0 Å². The van der Waals surface area contributed by atoms with Crippen LogP contribution >= 0.6 is 0 Å². The molecule has 0 aromatic carbocycles. The first-order chi connectivity index (χ1) is 9.23. The van der Waals surface area contributed by atoms with E-state index in [-0.39, 0.29) is 12.5 Å². The number of carbonyl (C=O) groups excluding carboxylic acids is 1. The maximum absolute atomic E-state index is 12.3. The summed E-state index contributed by atoms with van der Waals surface area (Å²) in [6.45, 7) is 5.93. The fourth-order valence-corrected chi connectivity index (χ4v) is 2.88. The summed E-state index contributed by atoms with van der Waals surface area (Å²) in [5.41, 5.74) is -0.498. The third kappa shape index (κ3) is 5.02. The van der Waals surface area contributed by atoms with Crippen LogP contribution in [0.3, 0.4) is 0 Å². The molecule has 20 heavy (non-hydrogen) atoms. The molecule has 5 heteroatoms. The smallest absolute Gasteiger partial charge is 0.317 e. The van der Waals surface area contributed by atoms with E-state index in [4.69, 9.17) is 5.11 Å². The Hall–Kier alpha value is -1.26. The van der Waals surface area contributed by atoms with Gasteiger partial charge in [-0.3, -0.25) is 4.79 Å². The number of carboxylic acids is 1. The van der Waals surface area contributed by atoms with E-state index in [0.29, 0.717) is 18.4 Å². The maximum Gasteiger partial charge on any atom is 0.317 e. The lowest BCUT2D eigenvalue weighted by Crippen LogP contribution is -2.53. The first-order valence-electron chi connectivity index (χ1n) is 7.50. The molecule has 5 nitrogen and oxygen atoms in total. The van der Waals surface area contributed by atoms with Crippen molar-refractivity contribution in [3.8, 4) is 0 Å². The average Bonchev–Trinajstić information content (AvgIpc) is 2.36. The van der Waals surface area contributed by atoms with Crippen molar-refractivity contribution in [2.75, 3.05) is 7.05 Å². The second-order valence-electron chi connectivity index (χ2n) is 6.65. The van der Waals surface area contributed by atoms with E-state index < -0.39 is 11.5 Å². The molecule has 2 N–H and O–H groups in total. The molecule has 116 valence electrons. The summed E-state index contributed by atoms with van der Waals surface area (Å²) in [4.78, 5) is 24.7. The molecule has 0 heterocycles. The summed E-state index contributed by atoms with van der Waals surface area (Å²) in [6.07, 6.45) is 5.15. The number of urea groups is 1. The van der Waals surface area contributed by atoms with E-state index in [2.05, 4.69) is 12.2 Å². The molecule has 0 aromatic heterocycles. The Morgan fingerprint density at radius 1 is 1.30 bits per heavy atom. The lowest BCUT2D eigenvalue weighted by Gasteiger charge is -2.38. The van der Waals surface area contributed by atoms with Crippen LogP contribution in [0, 0.1) is 5.92 Å². The van der Waals surface area contributed by atoms with Crippen molar-refractivity contribution in [1.82, 2.24) is 10.2 Å². The van der Waals surface area contributed by atoms with Gasteiger partial charge in [0.05, 0.1) is 0 Å². The predicted octanol–water partition coefficient (Wildman–Crippen LogP) is 2.85. The fourth-order valence-electron chi connectivity index (χ4n) is 2.88. The van der Waals surface area contributed by atoms with Gasteiger partial charge < -0.3 is 15.3 Å². The molecule has 1 aliphatic rings. The van der Waals surface area contributed by atoms with Crippen LogP contribution in [-0.2, 0) is 4.79 Å². The Kier molecular flexibility index (Phi) is 5.84. The fraction of sp³-hybridized carbons (Fsp3) is 0.867. The molecule has 1 aliphatic carbocycles. The standard InChI is InChI=1S/C15H28N2O3/c1-11-7-5-6-8-12(11)17(4)14(20)16-15(2,3)10-9-13(18)19/h11-12H,5-10H2,1-4H3,(H,16,20)(H,18,19). The van der Waals surface area contributed by atoms with Crippen LogP contribution in [0.5, 0.6) is 0 Å². The van der Waals surface area contributed by atoms with E-state index in [1.807, 2.05) is 20.9 Å². The van der Waals surface area contributed by atoms with Crippen LogP contribution in [0.25, 0.3) is 0 Å². The van der Waals surface area contributed by atoms with Crippen LogP contribution in [0.15, 0.2) is 0 Å². The number of nitrogens with one attached hydrogen (secondary N) is 1. The highest BCUT2D eigenvalue weighted by molar-refractivity contribution is 5.75. The minimum absolute atomic E-state index is 0.0663. The molecule has 1 fully saturated rings. The van der Waals surface area contributed by atoms with Crippen molar-refractivity contribution < 1.29 is 14.7 Å². The van der Waals surface area contributed by atoms with E-state index >= 15 is 0 Å². The zero-order chi connectivity index (χ0) is 15.3. The van der Waals surface area contributed by atoms with Gasteiger partial charge in [-0.2, -0.15) is 0 Å². The molecule has 1 rings (SSSR count). The second kappa shape index (κ2) is 6.95. The third-order valence-electron chi connectivity index (χ3n) is 4.29. The monoisotopic (exact) mass is 284 g/mol. The van der Waals surface area contributed by atoms with Gasteiger partial charge in [-0.15, -0.1) is 0 Å². The Bertz CT molecular complexity index is 355. The second-order valence-corrected chi connectivity index (χ2v) is 6.65. The zero-order valence-corrected chi connectivity index (χ0v) is 13.1. The molecule has 0 radical (unpaired) electrons. The molecule has 0 aromatic rings. The SMILES string of the molecule is CC1CCCCC1N(C)C(=O)NC(C)(C)CCC(=O)O. The highest BCUT2D eigenvalue weighted by Crippen LogP contribution is 2.27. The molecule has 0 spiro atoms. The predicted molar refractivity (Wildman–Crippen MR) is 78.7 cm³/mol. The van der Waals surface area contributed by atoms with Crippen molar-refractivity contribution in [2.24, 2.45) is 5.92 Å². The van der Waals surface area contributed by atoms with Crippen LogP contribution in [0.2, 0.25) is 0 Å². The van der Waals surface area contributed by atoms with Crippen molar-refractivity contribution >= 4 is 12.0 Å². The van der Waals surface area contributed by atoms with Gasteiger partial charge >= 0.3 is 12.0 Å².